The van der Waals surface area contributed by atoms with Crippen LogP contribution in [0.2, 0.25) is 0 Å². The minimum absolute atomic E-state index is 0. The molecule has 3 nitrogen and oxygen atoms in total. The van der Waals surface area contributed by atoms with E-state index in [4.69, 9.17) is 0 Å². The monoisotopic (exact) mass is 356 g/mol. The van der Waals surface area contributed by atoms with Crippen molar-refractivity contribution in [3.63, 3.8) is 0 Å². The van der Waals surface area contributed by atoms with E-state index >= 15 is 0 Å². The summed E-state index contributed by atoms with van der Waals surface area (Å²) < 4.78 is 4.57. The van der Waals surface area contributed by atoms with E-state index in [9.17, 15) is 9.59 Å². The lowest BCUT2D eigenvalue weighted by Gasteiger charge is -2.22. The lowest BCUT2D eigenvalue weighted by molar-refractivity contribution is -0.153. The summed E-state index contributed by atoms with van der Waals surface area (Å²) in [6.07, 6.45) is 3.75. The molecule has 0 N–H and O–H groups in total. The first-order chi connectivity index (χ1) is 7.06. The Balaban J connectivity index is -0.0000000357. The van der Waals surface area contributed by atoms with Crippen molar-refractivity contribution in [3.05, 3.63) is 0 Å². The van der Waals surface area contributed by atoms with Crippen LogP contribution in [0.3, 0.4) is 0 Å². The first-order valence-corrected chi connectivity index (χ1v) is 5.80. The Kier molecular flexibility index (Phi) is 63.8. The zero-order chi connectivity index (χ0) is 11.4. The maximum atomic E-state index is 11.4. The molecular formula is C21H56O3. The van der Waals surface area contributed by atoms with Gasteiger partial charge in [0.2, 0.25) is 0 Å². The van der Waals surface area contributed by atoms with Crippen LogP contribution >= 0.6 is 0 Å². The average Bonchev–Trinajstić information content (AvgIpc) is 2.53. The van der Waals surface area contributed by atoms with Crippen molar-refractivity contribution in [2.75, 3.05) is 0 Å². The van der Waals surface area contributed by atoms with Crippen LogP contribution in [0.4, 0.5) is 0 Å². The van der Waals surface area contributed by atoms with Crippen molar-refractivity contribution in [3.8, 4) is 0 Å². The third-order valence-electron chi connectivity index (χ3n) is 3.45. The van der Waals surface area contributed by atoms with Crippen LogP contribution in [-0.4, -0.2) is 11.9 Å². The summed E-state index contributed by atoms with van der Waals surface area (Å²) in [5.74, 6) is -0.163. The number of hydrogen-bond acceptors (Lipinski definition) is 3. The topological polar surface area (TPSA) is 43.4 Å². The third-order valence-corrected chi connectivity index (χ3v) is 3.45. The molecule has 3 unspecified atom stereocenters. The summed E-state index contributed by atoms with van der Waals surface area (Å²) in [6.45, 7) is 6.35. The largest absolute Gasteiger partial charge is 0.393 e. The molecule has 0 aromatic heterocycles. The summed E-state index contributed by atoms with van der Waals surface area (Å²) in [4.78, 5) is 22.3. The highest BCUT2D eigenvalue weighted by Crippen LogP contribution is 2.31. The average molecular weight is 357 g/mol. The Morgan fingerprint density at radius 1 is 0.917 bits per heavy atom. The maximum Gasteiger partial charge on any atom is 0.317 e. The maximum absolute atomic E-state index is 11.4. The van der Waals surface area contributed by atoms with Gasteiger partial charge in [0.25, 0.3) is 0 Å². The molecule has 0 bridgehead atoms. The number of cyclic esters (lactones) is 2. The Morgan fingerprint density at radius 2 is 1.33 bits per heavy atom. The fourth-order valence-corrected chi connectivity index (χ4v) is 2.08. The normalized spacial score (nSPS) is 15.7. The van der Waals surface area contributed by atoms with E-state index in [0.717, 1.165) is 6.42 Å². The minimum atomic E-state index is -0.362. The smallest absolute Gasteiger partial charge is 0.317 e. The number of carbonyl (C=O) groups excluding carboxylic acids is 2. The quantitative estimate of drug-likeness (QED) is 0.367. The van der Waals surface area contributed by atoms with Gasteiger partial charge in [-0.2, -0.15) is 0 Å². The summed E-state index contributed by atoms with van der Waals surface area (Å²) in [7, 11) is 0. The predicted octanol–water partition coefficient (Wildman–Crippen LogP) is 8.26. The number of hydrogen-bond donors (Lipinski definition) is 0. The van der Waals surface area contributed by atoms with Gasteiger partial charge in [-0.05, 0) is 11.8 Å². The van der Waals surface area contributed by atoms with Crippen LogP contribution in [0.1, 0.15) is 113 Å². The van der Waals surface area contributed by atoms with Gasteiger partial charge >= 0.3 is 11.9 Å². The van der Waals surface area contributed by atoms with Crippen molar-refractivity contribution in [2.45, 2.75) is 113 Å². The molecule has 0 saturated carbocycles. The van der Waals surface area contributed by atoms with E-state index in [-0.39, 0.29) is 97.0 Å². The lowest BCUT2D eigenvalue weighted by atomic mass is 9.81. The first-order valence-electron chi connectivity index (χ1n) is 5.80. The molecule has 1 rings (SSSR count). The molecule has 3 heteroatoms. The number of esters is 2. The zero-order valence-electron chi connectivity index (χ0n) is 9.79. The third kappa shape index (κ3) is 16.0. The van der Waals surface area contributed by atoms with Gasteiger partial charge in [0.1, 0.15) is 0 Å². The highest BCUT2D eigenvalue weighted by atomic mass is 16.6. The van der Waals surface area contributed by atoms with Gasteiger partial charge < -0.3 is 4.74 Å². The van der Waals surface area contributed by atoms with Crippen LogP contribution < -0.4 is 0 Å². The van der Waals surface area contributed by atoms with E-state index in [2.05, 4.69) is 18.6 Å². The molecule has 3 atom stereocenters. The van der Waals surface area contributed by atoms with Gasteiger partial charge in [0.05, 0.1) is 12.3 Å². The van der Waals surface area contributed by atoms with Crippen LogP contribution in [0, 0.1) is 17.8 Å². The summed E-state index contributed by atoms with van der Waals surface area (Å²) in [6, 6.07) is 0. The van der Waals surface area contributed by atoms with Gasteiger partial charge in [-0.3, -0.25) is 9.59 Å². The van der Waals surface area contributed by atoms with E-state index < -0.39 is 0 Å². The number of carbonyl (C=O) groups is 2. The highest BCUT2D eigenvalue weighted by Gasteiger charge is 2.38. The molecule has 0 aromatic carbocycles. The molecule has 1 saturated heterocycles. The number of rotatable bonds is 5. The van der Waals surface area contributed by atoms with Gasteiger partial charge in [-0.1, -0.05) is 107 Å². The molecule has 0 aliphatic carbocycles. The Hall–Kier alpha value is -0.860. The number of ether oxygens (including phenoxy) is 1. The van der Waals surface area contributed by atoms with Crippen molar-refractivity contribution < 1.29 is 14.3 Å². The molecule has 0 amide bonds. The molecule has 1 heterocycles. The first kappa shape index (κ1) is 56.7. The highest BCUT2D eigenvalue weighted by molar-refractivity contribution is 5.94. The second kappa shape index (κ2) is 27.0. The van der Waals surface area contributed by atoms with Gasteiger partial charge in [0.15, 0.2) is 0 Å². The molecule has 0 radical (unpaired) electrons. The van der Waals surface area contributed by atoms with E-state index in [1.54, 1.807) is 0 Å². The van der Waals surface area contributed by atoms with Crippen LogP contribution in [0.5, 0.6) is 0 Å². The second-order valence-electron chi connectivity index (χ2n) is 4.58. The van der Waals surface area contributed by atoms with E-state index in [0.29, 0.717) is 5.92 Å². The number of unbranched alkanes of at least 4 members (excludes halogenated alkanes) is 1. The fourth-order valence-electron chi connectivity index (χ4n) is 2.08. The molecule has 1 fully saturated rings. The molecule has 1 aliphatic heterocycles. The Bertz CT molecular complexity index is 249. The predicted molar refractivity (Wildman–Crippen MR) is 118 cm³/mol. The van der Waals surface area contributed by atoms with Crippen molar-refractivity contribution >= 4 is 11.9 Å². The SMILES string of the molecule is C.C.C.C.C.C.C.C.C.CCCCC(C)C(C)C1CC(=O)OC1=O. The molecule has 1 aliphatic rings. The molecule has 0 spiro atoms. The van der Waals surface area contributed by atoms with E-state index in [1.807, 2.05) is 6.92 Å². The zero-order valence-corrected chi connectivity index (χ0v) is 9.79. The Labute approximate surface area is 158 Å². The van der Waals surface area contributed by atoms with Crippen molar-refractivity contribution in [1.29, 1.82) is 0 Å². The molecular weight excluding hydrogens is 300 g/mol. The summed E-state index contributed by atoms with van der Waals surface area (Å²) >= 11 is 0. The van der Waals surface area contributed by atoms with Crippen LogP contribution in [0.15, 0.2) is 0 Å². The minimum Gasteiger partial charge on any atom is -0.393 e. The second-order valence-corrected chi connectivity index (χ2v) is 4.58. The molecule has 0 aromatic rings. The van der Waals surface area contributed by atoms with Gasteiger partial charge in [-0.15, -0.1) is 0 Å². The summed E-state index contributed by atoms with van der Waals surface area (Å²) in [5, 5.41) is 0. The molecule has 158 valence electrons. The van der Waals surface area contributed by atoms with E-state index in [1.165, 1.54) is 12.8 Å². The van der Waals surface area contributed by atoms with Crippen LogP contribution in [0.25, 0.3) is 0 Å². The standard InChI is InChI=1S/C12H20O3.9CH4/c1-4-5-6-8(2)9(3)10-7-11(13)15-12(10)14;;;;;;;;;/h8-10H,4-7H2,1-3H3;9*1H4. The molecule has 24 heavy (non-hydrogen) atoms. The Morgan fingerprint density at radius 3 is 1.62 bits per heavy atom. The van der Waals surface area contributed by atoms with Crippen LogP contribution in [-0.2, 0) is 14.3 Å². The van der Waals surface area contributed by atoms with Gasteiger partial charge in [0, 0.05) is 0 Å². The summed E-state index contributed by atoms with van der Waals surface area (Å²) in [5.41, 5.74) is 0. The van der Waals surface area contributed by atoms with Gasteiger partial charge in [-0.25, -0.2) is 0 Å². The van der Waals surface area contributed by atoms with Crippen molar-refractivity contribution in [1.82, 2.24) is 0 Å². The van der Waals surface area contributed by atoms with Crippen molar-refractivity contribution in [2.24, 2.45) is 17.8 Å². The fraction of sp³-hybridized carbons (Fsp3) is 0.905. The lowest BCUT2D eigenvalue weighted by Crippen LogP contribution is -2.22.